The first-order chi connectivity index (χ1) is 9.97. The van der Waals surface area contributed by atoms with Crippen LogP contribution in [0.1, 0.15) is 22.1 Å². The highest BCUT2D eigenvalue weighted by atomic mass is 16.6. The molecule has 1 aromatic carbocycles. The molecule has 0 saturated carbocycles. The monoisotopic (exact) mass is 291 g/mol. The third-order valence-corrected chi connectivity index (χ3v) is 2.71. The largest absolute Gasteiger partial charge is 0.379 e. The minimum atomic E-state index is -0.651. The van der Waals surface area contributed by atoms with Gasteiger partial charge in [-0.25, -0.2) is 0 Å². The number of aromatic nitrogens is 2. The van der Waals surface area contributed by atoms with E-state index in [2.05, 4.69) is 15.5 Å². The van der Waals surface area contributed by atoms with Gasteiger partial charge in [0.25, 0.3) is 5.69 Å². The molecule has 1 heterocycles. The number of carbonyl (C=O) groups is 1. The minimum Gasteiger partial charge on any atom is -0.379 e. The van der Waals surface area contributed by atoms with E-state index in [1.807, 2.05) is 0 Å². The molecule has 3 N–H and O–H groups in total. The normalized spacial score (nSPS) is 10.3. The first kappa shape index (κ1) is 14.4. The highest BCUT2D eigenvalue weighted by Crippen LogP contribution is 2.25. The van der Waals surface area contributed by atoms with Gasteiger partial charge in [-0.15, -0.1) is 0 Å². The van der Waals surface area contributed by atoms with Crippen LogP contribution in [-0.2, 0) is 6.42 Å². The van der Waals surface area contributed by atoms with Gasteiger partial charge in [-0.2, -0.15) is 4.98 Å². The van der Waals surface area contributed by atoms with Gasteiger partial charge in [0.1, 0.15) is 5.69 Å². The molecule has 0 saturated heterocycles. The standard InChI is InChI=1S/C12H13N5O4/c1-7-15-11(16-21-7)4-5-14-9-6-8(12(13)18)2-3-10(9)17(19)20/h2-3,6,14H,4-5H2,1H3,(H2,13,18). The Bertz CT molecular complexity index is 682. The smallest absolute Gasteiger partial charge is 0.292 e. The number of anilines is 1. The molecule has 0 radical (unpaired) electrons. The summed E-state index contributed by atoms with van der Waals surface area (Å²) in [7, 11) is 0. The van der Waals surface area contributed by atoms with Crippen LogP contribution in [0.25, 0.3) is 0 Å². The number of primary amides is 1. The van der Waals surface area contributed by atoms with E-state index in [9.17, 15) is 14.9 Å². The summed E-state index contributed by atoms with van der Waals surface area (Å²) in [6, 6.07) is 3.90. The molecular formula is C12H13N5O4. The number of nitrogens with zero attached hydrogens (tertiary/aromatic N) is 3. The van der Waals surface area contributed by atoms with Crippen molar-refractivity contribution in [2.45, 2.75) is 13.3 Å². The Morgan fingerprint density at radius 3 is 2.86 bits per heavy atom. The number of nitrogens with two attached hydrogens (primary N) is 1. The van der Waals surface area contributed by atoms with Crippen molar-refractivity contribution in [3.8, 4) is 0 Å². The Hall–Kier alpha value is -2.97. The molecule has 1 amide bonds. The van der Waals surface area contributed by atoms with Crippen molar-refractivity contribution in [2.24, 2.45) is 5.73 Å². The lowest BCUT2D eigenvalue weighted by atomic mass is 10.1. The molecule has 0 bridgehead atoms. The van der Waals surface area contributed by atoms with Crippen LogP contribution in [-0.4, -0.2) is 27.5 Å². The number of carbonyl (C=O) groups excluding carboxylic acids is 1. The number of rotatable bonds is 6. The van der Waals surface area contributed by atoms with E-state index in [-0.39, 0.29) is 16.9 Å². The van der Waals surface area contributed by atoms with Gasteiger partial charge in [0.2, 0.25) is 11.8 Å². The molecule has 0 aliphatic carbocycles. The highest BCUT2D eigenvalue weighted by Gasteiger charge is 2.15. The molecule has 1 aromatic heterocycles. The zero-order chi connectivity index (χ0) is 15.4. The van der Waals surface area contributed by atoms with Crippen LogP contribution in [0.2, 0.25) is 0 Å². The van der Waals surface area contributed by atoms with Crippen LogP contribution in [0.5, 0.6) is 0 Å². The van der Waals surface area contributed by atoms with E-state index in [0.29, 0.717) is 24.7 Å². The topological polar surface area (TPSA) is 137 Å². The van der Waals surface area contributed by atoms with Gasteiger partial charge >= 0.3 is 0 Å². The number of aryl methyl sites for hydroxylation is 1. The van der Waals surface area contributed by atoms with E-state index < -0.39 is 10.8 Å². The molecule has 9 nitrogen and oxygen atoms in total. The maximum atomic E-state index is 11.1. The number of amides is 1. The van der Waals surface area contributed by atoms with Gasteiger partial charge in [0, 0.05) is 31.5 Å². The average molecular weight is 291 g/mol. The van der Waals surface area contributed by atoms with Crippen molar-refractivity contribution in [3.05, 3.63) is 45.6 Å². The SMILES string of the molecule is Cc1nc(CCNc2cc(C(N)=O)ccc2[N+](=O)[O-])no1. The molecular weight excluding hydrogens is 278 g/mol. The van der Waals surface area contributed by atoms with E-state index in [1.165, 1.54) is 18.2 Å². The van der Waals surface area contributed by atoms with Crippen molar-refractivity contribution < 1.29 is 14.2 Å². The maximum Gasteiger partial charge on any atom is 0.292 e. The maximum absolute atomic E-state index is 11.1. The minimum absolute atomic E-state index is 0.135. The summed E-state index contributed by atoms with van der Waals surface area (Å²) in [5, 5.41) is 17.5. The predicted molar refractivity (Wildman–Crippen MR) is 72.8 cm³/mol. The molecule has 0 fully saturated rings. The number of nitro benzene ring substituents is 1. The molecule has 0 aliphatic heterocycles. The number of hydrogen-bond donors (Lipinski definition) is 2. The van der Waals surface area contributed by atoms with Crippen molar-refractivity contribution in [3.63, 3.8) is 0 Å². The Morgan fingerprint density at radius 2 is 2.29 bits per heavy atom. The van der Waals surface area contributed by atoms with Crippen LogP contribution in [0.4, 0.5) is 11.4 Å². The Labute approximate surface area is 119 Å². The fourth-order valence-corrected chi connectivity index (χ4v) is 1.74. The molecule has 0 unspecified atom stereocenters. The molecule has 0 aliphatic rings. The molecule has 9 heteroatoms. The molecule has 21 heavy (non-hydrogen) atoms. The van der Waals surface area contributed by atoms with Crippen molar-refractivity contribution >= 4 is 17.3 Å². The van der Waals surface area contributed by atoms with Gasteiger partial charge in [0.15, 0.2) is 5.82 Å². The quantitative estimate of drug-likeness (QED) is 0.599. The average Bonchev–Trinajstić information content (AvgIpc) is 2.84. The summed E-state index contributed by atoms with van der Waals surface area (Å²) in [5.74, 6) is 0.294. The van der Waals surface area contributed by atoms with Crippen LogP contribution in [0.15, 0.2) is 22.7 Å². The lowest BCUT2D eigenvalue weighted by Crippen LogP contribution is -2.13. The van der Waals surface area contributed by atoms with E-state index in [0.717, 1.165) is 0 Å². The third kappa shape index (κ3) is 3.53. The molecule has 110 valence electrons. The van der Waals surface area contributed by atoms with Crippen LogP contribution in [0, 0.1) is 17.0 Å². The second-order valence-electron chi connectivity index (χ2n) is 4.26. The summed E-state index contributed by atoms with van der Waals surface area (Å²) < 4.78 is 4.82. The lowest BCUT2D eigenvalue weighted by Gasteiger charge is -2.07. The number of nitro groups is 1. The molecule has 0 spiro atoms. The first-order valence-electron chi connectivity index (χ1n) is 6.08. The van der Waals surface area contributed by atoms with Gasteiger partial charge in [-0.05, 0) is 12.1 Å². The first-order valence-corrected chi connectivity index (χ1v) is 6.08. The number of hydrogen-bond acceptors (Lipinski definition) is 7. The van der Waals surface area contributed by atoms with Gasteiger partial charge < -0.3 is 15.6 Å². The van der Waals surface area contributed by atoms with Gasteiger partial charge in [-0.3, -0.25) is 14.9 Å². The third-order valence-electron chi connectivity index (χ3n) is 2.71. The van der Waals surface area contributed by atoms with Crippen molar-refractivity contribution in [1.82, 2.24) is 10.1 Å². The second-order valence-corrected chi connectivity index (χ2v) is 4.26. The summed E-state index contributed by atoms with van der Waals surface area (Å²) in [4.78, 5) is 25.6. The lowest BCUT2D eigenvalue weighted by molar-refractivity contribution is -0.384. The Balaban J connectivity index is 2.11. The summed E-state index contributed by atoms with van der Waals surface area (Å²) in [6.07, 6.45) is 0.426. The van der Waals surface area contributed by atoms with Crippen LogP contribution < -0.4 is 11.1 Å². The van der Waals surface area contributed by atoms with Crippen LogP contribution in [0.3, 0.4) is 0 Å². The van der Waals surface area contributed by atoms with E-state index in [4.69, 9.17) is 10.3 Å². The molecule has 2 aromatic rings. The molecule has 0 atom stereocenters. The Morgan fingerprint density at radius 1 is 1.52 bits per heavy atom. The molecule has 2 rings (SSSR count). The summed E-state index contributed by atoms with van der Waals surface area (Å²) >= 11 is 0. The fraction of sp³-hybridized carbons (Fsp3) is 0.250. The van der Waals surface area contributed by atoms with E-state index in [1.54, 1.807) is 6.92 Å². The second kappa shape index (κ2) is 5.99. The van der Waals surface area contributed by atoms with Crippen molar-refractivity contribution in [1.29, 1.82) is 0 Å². The highest BCUT2D eigenvalue weighted by molar-refractivity contribution is 5.94. The predicted octanol–water partition coefficient (Wildman–Crippen LogP) is 1.04. The van der Waals surface area contributed by atoms with E-state index >= 15 is 0 Å². The van der Waals surface area contributed by atoms with Crippen molar-refractivity contribution in [2.75, 3.05) is 11.9 Å². The Kier molecular flexibility index (Phi) is 4.12. The fourth-order valence-electron chi connectivity index (χ4n) is 1.74. The number of nitrogens with one attached hydrogen (secondary N) is 1. The summed E-state index contributed by atoms with van der Waals surface area (Å²) in [5.41, 5.74) is 5.44. The zero-order valence-corrected chi connectivity index (χ0v) is 11.2. The number of benzene rings is 1. The van der Waals surface area contributed by atoms with Crippen LogP contribution >= 0.6 is 0 Å². The summed E-state index contributed by atoms with van der Waals surface area (Å²) in [6.45, 7) is 2.02. The van der Waals surface area contributed by atoms with Gasteiger partial charge in [0.05, 0.1) is 4.92 Å². The zero-order valence-electron chi connectivity index (χ0n) is 11.2. The van der Waals surface area contributed by atoms with Gasteiger partial charge in [-0.1, -0.05) is 5.16 Å².